The number of thioether (sulfide) groups is 1. The molecule has 7 heteroatoms. The van der Waals surface area contributed by atoms with Crippen LogP contribution in [0.15, 0.2) is 0 Å². The van der Waals surface area contributed by atoms with Crippen molar-refractivity contribution in [1.29, 1.82) is 0 Å². The molecule has 2 amide bonds. The number of amides is 2. The van der Waals surface area contributed by atoms with E-state index < -0.39 is 11.2 Å². The van der Waals surface area contributed by atoms with E-state index >= 15 is 0 Å². The monoisotopic (exact) mass is 327 g/mol. The first-order valence-electron chi connectivity index (χ1n) is 7.64. The lowest BCUT2D eigenvalue weighted by atomic mass is 9.82. The number of aldehydes is 1. The van der Waals surface area contributed by atoms with Gasteiger partial charge in [-0.2, -0.15) is 0 Å². The van der Waals surface area contributed by atoms with Gasteiger partial charge >= 0.3 is 5.97 Å². The molecule has 122 valence electrons. The summed E-state index contributed by atoms with van der Waals surface area (Å²) in [4.78, 5) is 46.8. The SMILES string of the molecule is O=CC1CCC(CN2C(=O)CC(SCCC(=O)O)C2=O)CC1. The first kappa shape index (κ1) is 17.0. The van der Waals surface area contributed by atoms with Crippen molar-refractivity contribution in [2.75, 3.05) is 12.3 Å². The van der Waals surface area contributed by atoms with E-state index in [2.05, 4.69) is 0 Å². The Labute approximate surface area is 133 Å². The normalized spacial score (nSPS) is 28.9. The Morgan fingerprint density at radius 1 is 1.27 bits per heavy atom. The van der Waals surface area contributed by atoms with Crippen molar-refractivity contribution < 1.29 is 24.3 Å². The molecule has 1 unspecified atom stereocenters. The molecule has 2 aliphatic rings. The fourth-order valence-corrected chi connectivity index (χ4v) is 4.14. The summed E-state index contributed by atoms with van der Waals surface area (Å²) in [6, 6.07) is 0. The summed E-state index contributed by atoms with van der Waals surface area (Å²) in [5.74, 6) is -0.481. The summed E-state index contributed by atoms with van der Waals surface area (Å²) in [6.45, 7) is 0.444. The average molecular weight is 327 g/mol. The molecule has 22 heavy (non-hydrogen) atoms. The molecule has 1 saturated heterocycles. The van der Waals surface area contributed by atoms with Gasteiger partial charge in [-0.3, -0.25) is 19.3 Å². The van der Waals surface area contributed by atoms with Crippen LogP contribution in [0.4, 0.5) is 0 Å². The van der Waals surface area contributed by atoms with Gasteiger partial charge in [-0.1, -0.05) is 0 Å². The van der Waals surface area contributed by atoms with Crippen molar-refractivity contribution in [2.24, 2.45) is 11.8 Å². The number of carbonyl (C=O) groups is 4. The van der Waals surface area contributed by atoms with E-state index in [1.54, 1.807) is 0 Å². The van der Waals surface area contributed by atoms with E-state index in [1.807, 2.05) is 0 Å². The third-order valence-electron chi connectivity index (χ3n) is 4.36. The van der Waals surface area contributed by atoms with Crippen LogP contribution in [-0.2, 0) is 19.2 Å². The Morgan fingerprint density at radius 2 is 1.95 bits per heavy atom. The van der Waals surface area contributed by atoms with Crippen LogP contribution < -0.4 is 0 Å². The zero-order valence-corrected chi connectivity index (χ0v) is 13.2. The van der Waals surface area contributed by atoms with Crippen LogP contribution in [0, 0.1) is 11.8 Å². The van der Waals surface area contributed by atoms with E-state index in [-0.39, 0.29) is 36.5 Å². The van der Waals surface area contributed by atoms with Crippen molar-refractivity contribution >= 4 is 35.8 Å². The Kier molecular flexibility index (Phi) is 5.99. The molecule has 2 rings (SSSR count). The highest BCUT2D eigenvalue weighted by Crippen LogP contribution is 2.31. The molecule has 1 N–H and O–H groups in total. The van der Waals surface area contributed by atoms with Gasteiger partial charge in [-0.05, 0) is 31.6 Å². The van der Waals surface area contributed by atoms with Crippen molar-refractivity contribution in [2.45, 2.75) is 43.8 Å². The predicted octanol–water partition coefficient (Wildman–Crippen LogP) is 1.33. The van der Waals surface area contributed by atoms with E-state index in [0.29, 0.717) is 12.3 Å². The third-order valence-corrected chi connectivity index (χ3v) is 5.57. The van der Waals surface area contributed by atoms with Gasteiger partial charge in [0.15, 0.2) is 0 Å². The second kappa shape index (κ2) is 7.76. The van der Waals surface area contributed by atoms with Crippen LogP contribution in [0.2, 0.25) is 0 Å². The summed E-state index contributed by atoms with van der Waals surface area (Å²) in [5, 5.41) is 8.18. The van der Waals surface area contributed by atoms with Crippen LogP contribution in [-0.4, -0.2) is 51.6 Å². The molecule has 0 bridgehead atoms. The number of hydrogen-bond donors (Lipinski definition) is 1. The van der Waals surface area contributed by atoms with E-state index in [1.165, 1.54) is 16.7 Å². The smallest absolute Gasteiger partial charge is 0.304 e. The molecular weight excluding hydrogens is 306 g/mol. The number of likely N-dealkylation sites (tertiary alicyclic amines) is 1. The number of carboxylic acids is 1. The van der Waals surface area contributed by atoms with E-state index in [4.69, 9.17) is 5.11 Å². The molecule has 0 aromatic carbocycles. The maximum Gasteiger partial charge on any atom is 0.304 e. The Bertz CT molecular complexity index is 459. The molecule has 6 nitrogen and oxygen atoms in total. The van der Waals surface area contributed by atoms with Crippen LogP contribution >= 0.6 is 11.8 Å². The molecule has 0 radical (unpaired) electrons. The fourth-order valence-electron chi connectivity index (χ4n) is 3.03. The Hall–Kier alpha value is -1.37. The molecule has 0 aromatic rings. The number of aliphatic carboxylic acids is 1. The number of rotatable bonds is 7. The second-order valence-electron chi connectivity index (χ2n) is 5.97. The molecule has 1 heterocycles. The average Bonchev–Trinajstić information content (AvgIpc) is 2.75. The molecule has 2 fully saturated rings. The molecule has 0 aromatic heterocycles. The van der Waals surface area contributed by atoms with Crippen molar-refractivity contribution in [3.8, 4) is 0 Å². The maximum absolute atomic E-state index is 12.3. The summed E-state index contributed by atoms with van der Waals surface area (Å²) in [7, 11) is 0. The van der Waals surface area contributed by atoms with Gasteiger partial charge in [0.25, 0.3) is 0 Å². The molecule has 1 atom stereocenters. The highest BCUT2D eigenvalue weighted by atomic mass is 32.2. The number of carboxylic acid groups (broad SMARTS) is 1. The highest BCUT2D eigenvalue weighted by molar-refractivity contribution is 8.00. The van der Waals surface area contributed by atoms with Crippen molar-refractivity contribution in [1.82, 2.24) is 4.90 Å². The van der Waals surface area contributed by atoms with Crippen LogP contribution in [0.25, 0.3) is 0 Å². The van der Waals surface area contributed by atoms with Gasteiger partial charge in [0, 0.05) is 24.6 Å². The topological polar surface area (TPSA) is 91.8 Å². The molecule has 1 aliphatic carbocycles. The predicted molar refractivity (Wildman–Crippen MR) is 81.3 cm³/mol. The lowest BCUT2D eigenvalue weighted by molar-refractivity contribution is -0.139. The zero-order valence-electron chi connectivity index (χ0n) is 12.4. The number of carbonyl (C=O) groups excluding carboxylic acids is 3. The quantitative estimate of drug-likeness (QED) is 0.560. The number of hydrogen-bond acceptors (Lipinski definition) is 5. The minimum absolute atomic E-state index is 0.00164. The first-order chi connectivity index (χ1) is 10.5. The number of imide groups is 1. The molecule has 0 spiro atoms. The van der Waals surface area contributed by atoms with Crippen molar-refractivity contribution in [3.05, 3.63) is 0 Å². The van der Waals surface area contributed by atoms with Gasteiger partial charge < -0.3 is 9.90 Å². The van der Waals surface area contributed by atoms with Gasteiger partial charge in [-0.25, -0.2) is 0 Å². The maximum atomic E-state index is 12.3. The van der Waals surface area contributed by atoms with Gasteiger partial charge in [0.05, 0.1) is 11.7 Å². The standard InChI is InChI=1S/C15H21NO5S/c17-9-11-3-1-10(2-4-11)8-16-13(18)7-12(15(16)21)22-6-5-14(19)20/h9-12H,1-8H2,(H,19,20). The summed E-state index contributed by atoms with van der Waals surface area (Å²) in [6.07, 6.45) is 4.58. The first-order valence-corrected chi connectivity index (χ1v) is 8.69. The second-order valence-corrected chi connectivity index (χ2v) is 7.28. The van der Waals surface area contributed by atoms with Crippen LogP contribution in [0.3, 0.4) is 0 Å². The molecule has 1 saturated carbocycles. The highest BCUT2D eigenvalue weighted by Gasteiger charge is 2.40. The minimum atomic E-state index is -0.895. The zero-order chi connectivity index (χ0) is 16.1. The van der Waals surface area contributed by atoms with Gasteiger partial charge in [0.1, 0.15) is 6.29 Å². The van der Waals surface area contributed by atoms with Gasteiger partial charge in [-0.15, -0.1) is 11.8 Å². The van der Waals surface area contributed by atoms with E-state index in [0.717, 1.165) is 32.0 Å². The van der Waals surface area contributed by atoms with E-state index in [9.17, 15) is 19.2 Å². The third kappa shape index (κ3) is 4.32. The number of nitrogens with zero attached hydrogens (tertiary/aromatic N) is 1. The summed E-state index contributed by atoms with van der Waals surface area (Å²) < 4.78 is 0. The fraction of sp³-hybridized carbons (Fsp3) is 0.733. The Balaban J connectivity index is 1.81. The molecule has 1 aliphatic heterocycles. The minimum Gasteiger partial charge on any atom is -0.481 e. The van der Waals surface area contributed by atoms with Gasteiger partial charge in [0.2, 0.25) is 11.8 Å². The van der Waals surface area contributed by atoms with Crippen molar-refractivity contribution in [3.63, 3.8) is 0 Å². The summed E-state index contributed by atoms with van der Waals surface area (Å²) in [5.41, 5.74) is 0. The lowest BCUT2D eigenvalue weighted by Crippen LogP contribution is -2.37. The largest absolute Gasteiger partial charge is 0.481 e. The Morgan fingerprint density at radius 3 is 2.55 bits per heavy atom. The van der Waals surface area contributed by atoms with Crippen LogP contribution in [0.1, 0.15) is 38.5 Å². The molecular formula is C15H21NO5S. The lowest BCUT2D eigenvalue weighted by Gasteiger charge is -2.28. The summed E-state index contributed by atoms with van der Waals surface area (Å²) >= 11 is 1.25. The van der Waals surface area contributed by atoms with Crippen LogP contribution in [0.5, 0.6) is 0 Å².